The third-order valence-electron chi connectivity index (χ3n) is 3.30. The molecule has 1 amide bonds. The molecule has 19 heavy (non-hydrogen) atoms. The molecule has 5 nitrogen and oxygen atoms in total. The third-order valence-corrected chi connectivity index (χ3v) is 4.05. The van der Waals surface area contributed by atoms with Gasteiger partial charge in [-0.15, -0.1) is 0 Å². The fourth-order valence-corrected chi connectivity index (χ4v) is 2.90. The quantitative estimate of drug-likeness (QED) is 0.477. The van der Waals surface area contributed by atoms with Crippen molar-refractivity contribution >= 4 is 27.5 Å². The highest BCUT2D eigenvalue weighted by atomic mass is 79.9. The van der Waals surface area contributed by atoms with Crippen LogP contribution in [0.15, 0.2) is 18.2 Å². The topological polar surface area (TPSA) is 63.5 Å². The van der Waals surface area contributed by atoms with Crippen molar-refractivity contribution in [1.29, 1.82) is 0 Å². The summed E-state index contributed by atoms with van der Waals surface area (Å²) < 4.78 is 0. The van der Waals surface area contributed by atoms with E-state index in [0.29, 0.717) is 29.0 Å². The Morgan fingerprint density at radius 2 is 2.26 bits per heavy atom. The largest absolute Gasteiger partial charge is 0.338 e. The number of nitrogens with zero attached hydrogens (tertiary/aromatic N) is 2. The van der Waals surface area contributed by atoms with Gasteiger partial charge in [-0.05, 0) is 25.8 Å². The van der Waals surface area contributed by atoms with Crippen molar-refractivity contribution in [3.8, 4) is 0 Å². The van der Waals surface area contributed by atoms with Crippen molar-refractivity contribution in [2.45, 2.75) is 24.6 Å². The lowest BCUT2D eigenvalue weighted by molar-refractivity contribution is -0.385. The van der Waals surface area contributed by atoms with Crippen LogP contribution in [0.1, 0.15) is 28.8 Å². The van der Waals surface area contributed by atoms with Gasteiger partial charge in [-0.3, -0.25) is 14.9 Å². The molecule has 0 bridgehead atoms. The minimum absolute atomic E-state index is 0.00162. The van der Waals surface area contributed by atoms with Gasteiger partial charge in [0.05, 0.1) is 4.92 Å². The molecule has 1 fully saturated rings. The van der Waals surface area contributed by atoms with Crippen LogP contribution in [0, 0.1) is 17.0 Å². The van der Waals surface area contributed by atoms with E-state index in [1.54, 1.807) is 24.0 Å². The molecule has 1 heterocycles. The average molecular weight is 327 g/mol. The number of aryl methyl sites for hydroxylation is 1. The lowest BCUT2D eigenvalue weighted by Crippen LogP contribution is -2.40. The first-order valence-corrected chi connectivity index (χ1v) is 7.09. The maximum absolute atomic E-state index is 12.3. The number of halogens is 1. The second kappa shape index (κ2) is 5.69. The summed E-state index contributed by atoms with van der Waals surface area (Å²) in [5.74, 6) is -0.132. The Kier molecular flexibility index (Phi) is 4.19. The van der Waals surface area contributed by atoms with Crippen LogP contribution in [0.25, 0.3) is 0 Å². The van der Waals surface area contributed by atoms with Gasteiger partial charge >= 0.3 is 0 Å². The van der Waals surface area contributed by atoms with Crippen molar-refractivity contribution in [1.82, 2.24) is 4.90 Å². The van der Waals surface area contributed by atoms with Gasteiger partial charge < -0.3 is 4.90 Å². The fraction of sp³-hybridized carbons (Fsp3) is 0.462. The SMILES string of the molecule is Cc1ccc(C(=O)N2CCCC(Br)C2)cc1[N+](=O)[O-]. The van der Waals surface area contributed by atoms with Crippen LogP contribution >= 0.6 is 15.9 Å². The van der Waals surface area contributed by atoms with Crippen LogP contribution in [-0.2, 0) is 0 Å². The summed E-state index contributed by atoms with van der Waals surface area (Å²) >= 11 is 3.52. The number of rotatable bonds is 2. The molecule has 0 radical (unpaired) electrons. The number of alkyl halides is 1. The molecule has 102 valence electrons. The van der Waals surface area contributed by atoms with Gasteiger partial charge in [-0.1, -0.05) is 22.0 Å². The Morgan fingerprint density at radius 1 is 1.53 bits per heavy atom. The Morgan fingerprint density at radius 3 is 2.89 bits per heavy atom. The number of benzene rings is 1. The Balaban J connectivity index is 2.24. The molecular formula is C13H15BrN2O3. The zero-order valence-corrected chi connectivity index (χ0v) is 12.2. The van der Waals surface area contributed by atoms with Crippen molar-refractivity contribution in [2.24, 2.45) is 0 Å². The van der Waals surface area contributed by atoms with Gasteiger partial charge in [-0.25, -0.2) is 0 Å². The van der Waals surface area contributed by atoms with Gasteiger partial charge in [0, 0.05) is 35.1 Å². The number of nitro groups is 1. The zero-order chi connectivity index (χ0) is 14.0. The van der Waals surface area contributed by atoms with Gasteiger partial charge in [0.25, 0.3) is 11.6 Å². The second-order valence-electron chi connectivity index (χ2n) is 4.75. The summed E-state index contributed by atoms with van der Waals surface area (Å²) in [4.78, 5) is 24.8. The van der Waals surface area contributed by atoms with E-state index in [2.05, 4.69) is 15.9 Å². The number of carbonyl (C=O) groups excluding carboxylic acids is 1. The molecule has 0 saturated carbocycles. The molecule has 6 heteroatoms. The molecule has 1 aliphatic heterocycles. The number of carbonyl (C=O) groups is 1. The number of hydrogen-bond donors (Lipinski definition) is 0. The van der Waals surface area contributed by atoms with Gasteiger partial charge in [0.2, 0.25) is 0 Å². The van der Waals surface area contributed by atoms with E-state index < -0.39 is 4.92 Å². The maximum atomic E-state index is 12.3. The van der Waals surface area contributed by atoms with Crippen LogP contribution in [0.4, 0.5) is 5.69 Å². The average Bonchev–Trinajstić information content (AvgIpc) is 2.38. The van der Waals surface area contributed by atoms with Crippen molar-refractivity contribution in [2.75, 3.05) is 13.1 Å². The number of amides is 1. The first-order valence-electron chi connectivity index (χ1n) is 6.17. The number of nitro benzene ring substituents is 1. The van der Waals surface area contributed by atoms with E-state index in [0.717, 1.165) is 12.8 Å². The molecule has 1 aromatic carbocycles. The summed E-state index contributed by atoms with van der Waals surface area (Å²) in [6.07, 6.45) is 2.01. The summed E-state index contributed by atoms with van der Waals surface area (Å²) in [6.45, 7) is 3.03. The van der Waals surface area contributed by atoms with Crippen LogP contribution < -0.4 is 0 Å². The zero-order valence-electron chi connectivity index (χ0n) is 10.6. The van der Waals surface area contributed by atoms with Gasteiger partial charge in [0.15, 0.2) is 0 Å². The lowest BCUT2D eigenvalue weighted by atomic mass is 10.1. The normalized spacial score (nSPS) is 19.3. The van der Waals surface area contributed by atoms with E-state index >= 15 is 0 Å². The molecule has 1 unspecified atom stereocenters. The van der Waals surface area contributed by atoms with Crippen molar-refractivity contribution < 1.29 is 9.72 Å². The van der Waals surface area contributed by atoms with E-state index in [4.69, 9.17) is 0 Å². The predicted octanol–water partition coefficient (Wildman–Crippen LogP) is 2.90. The standard InChI is InChI=1S/C13H15BrN2O3/c1-9-4-5-10(7-12(9)16(18)19)13(17)15-6-2-3-11(14)8-15/h4-5,7,11H,2-3,6,8H2,1H3. The highest BCUT2D eigenvalue weighted by molar-refractivity contribution is 9.09. The van der Waals surface area contributed by atoms with Crippen molar-refractivity contribution in [3.05, 3.63) is 39.4 Å². The Bertz CT molecular complexity index is 519. The number of hydrogen-bond acceptors (Lipinski definition) is 3. The summed E-state index contributed by atoms with van der Waals surface area (Å²) in [7, 11) is 0. The molecule has 1 aliphatic rings. The first kappa shape index (κ1) is 14.0. The first-order chi connectivity index (χ1) is 8.99. The van der Waals surface area contributed by atoms with E-state index in [-0.39, 0.29) is 11.6 Å². The Hall–Kier alpha value is -1.43. The number of piperidine rings is 1. The van der Waals surface area contributed by atoms with Crippen molar-refractivity contribution in [3.63, 3.8) is 0 Å². The van der Waals surface area contributed by atoms with Gasteiger partial charge in [-0.2, -0.15) is 0 Å². The summed E-state index contributed by atoms with van der Waals surface area (Å²) in [6, 6.07) is 4.65. The molecular weight excluding hydrogens is 312 g/mol. The van der Waals surface area contributed by atoms with Crippen LogP contribution in [0.5, 0.6) is 0 Å². The van der Waals surface area contributed by atoms with Gasteiger partial charge in [0.1, 0.15) is 0 Å². The fourth-order valence-electron chi connectivity index (χ4n) is 2.23. The molecule has 0 aromatic heterocycles. The second-order valence-corrected chi connectivity index (χ2v) is 6.04. The molecule has 0 N–H and O–H groups in total. The molecule has 1 aromatic rings. The van der Waals surface area contributed by atoms with E-state index in [9.17, 15) is 14.9 Å². The molecule has 2 rings (SSSR count). The predicted molar refractivity (Wildman–Crippen MR) is 75.7 cm³/mol. The minimum atomic E-state index is -0.449. The molecule has 0 aliphatic carbocycles. The highest BCUT2D eigenvalue weighted by Crippen LogP contribution is 2.23. The minimum Gasteiger partial charge on any atom is -0.338 e. The highest BCUT2D eigenvalue weighted by Gasteiger charge is 2.24. The monoisotopic (exact) mass is 326 g/mol. The van der Waals surface area contributed by atoms with Crippen LogP contribution in [0.3, 0.4) is 0 Å². The van der Waals surface area contributed by atoms with Crippen LogP contribution in [-0.4, -0.2) is 33.6 Å². The third kappa shape index (κ3) is 3.12. The molecule has 1 atom stereocenters. The summed E-state index contributed by atoms with van der Waals surface area (Å²) in [5.41, 5.74) is 0.954. The summed E-state index contributed by atoms with van der Waals surface area (Å²) in [5, 5.41) is 10.9. The molecule has 1 saturated heterocycles. The van der Waals surface area contributed by atoms with E-state index in [1.807, 2.05) is 0 Å². The smallest absolute Gasteiger partial charge is 0.273 e. The molecule has 0 spiro atoms. The van der Waals surface area contributed by atoms with E-state index in [1.165, 1.54) is 6.07 Å². The van der Waals surface area contributed by atoms with Crippen LogP contribution in [0.2, 0.25) is 0 Å². The Labute approximate surface area is 119 Å². The maximum Gasteiger partial charge on any atom is 0.273 e. The number of likely N-dealkylation sites (tertiary alicyclic amines) is 1. The lowest BCUT2D eigenvalue weighted by Gasteiger charge is -2.30.